The third-order valence-corrected chi connectivity index (χ3v) is 10.6. The monoisotopic (exact) mass is 747 g/mol. The molecule has 0 spiro atoms. The molecule has 0 bridgehead atoms. The molecule has 0 fully saturated rings. The number of thiazole rings is 1. The molecule has 3 aromatic carbocycles. The highest BCUT2D eigenvalue weighted by atomic mass is 32.2. The van der Waals surface area contributed by atoms with Gasteiger partial charge < -0.3 is 10.6 Å². The van der Waals surface area contributed by atoms with Crippen LogP contribution in [-0.4, -0.2) is 32.7 Å². The van der Waals surface area contributed by atoms with E-state index in [0.29, 0.717) is 38.4 Å². The maximum absolute atomic E-state index is 11.8. The fraction of sp³-hybridized carbons (Fsp3) is 0.282. The van der Waals surface area contributed by atoms with E-state index < -0.39 is 15.5 Å². The number of benzene rings is 3. The summed E-state index contributed by atoms with van der Waals surface area (Å²) in [6, 6.07) is 16.8. The molecule has 0 aliphatic carbocycles. The average molecular weight is 748 g/mol. The summed E-state index contributed by atoms with van der Waals surface area (Å²) in [7, 11) is -4.43. The van der Waals surface area contributed by atoms with Crippen molar-refractivity contribution >= 4 is 66.2 Å². The second-order valence-electron chi connectivity index (χ2n) is 14.4. The molecule has 12 nitrogen and oxygen atoms in total. The van der Waals surface area contributed by atoms with E-state index in [4.69, 9.17) is 20.3 Å². The number of anilines is 4. The standard InChI is InChI=1S/C39H41N9O3S2/c1-20-13-22(3)32(23(4)14-20)42-31-17-26(7)34(36(43-31)44-33-24(5)15-21(2)16-25(33)6)45-46-37-28(19-40)35(39(8,9)10)47-48(37)38-41-29-12-11-27(53(49,50)51)18-30(29)52-38/h11-18H,1-10H3,(H2,42,43,44)(H,49,50,51). The molecule has 272 valence electrons. The number of nitrogens with zero attached hydrogens (tertiary/aromatic N) is 7. The first-order valence-corrected chi connectivity index (χ1v) is 19.1. The Kier molecular flexibility index (Phi) is 9.71. The lowest BCUT2D eigenvalue weighted by Crippen LogP contribution is -2.14. The lowest BCUT2D eigenvalue weighted by Gasteiger charge is -2.18. The van der Waals surface area contributed by atoms with Crippen LogP contribution in [0.25, 0.3) is 15.3 Å². The van der Waals surface area contributed by atoms with Crippen molar-refractivity contribution in [1.82, 2.24) is 19.7 Å². The van der Waals surface area contributed by atoms with Gasteiger partial charge in [0.25, 0.3) is 10.1 Å². The smallest absolute Gasteiger partial charge is 0.294 e. The van der Waals surface area contributed by atoms with Crippen LogP contribution in [0.2, 0.25) is 0 Å². The molecule has 0 aliphatic heterocycles. The third-order valence-electron chi connectivity index (χ3n) is 8.79. The Morgan fingerprint density at radius 2 is 1.40 bits per heavy atom. The van der Waals surface area contributed by atoms with E-state index >= 15 is 0 Å². The lowest BCUT2D eigenvalue weighted by atomic mass is 9.90. The normalized spacial score (nSPS) is 12.1. The fourth-order valence-corrected chi connectivity index (χ4v) is 7.99. The minimum atomic E-state index is -4.43. The largest absolute Gasteiger partial charge is 0.340 e. The van der Waals surface area contributed by atoms with Crippen LogP contribution >= 0.6 is 11.3 Å². The predicted octanol–water partition coefficient (Wildman–Crippen LogP) is 10.4. The maximum Gasteiger partial charge on any atom is 0.294 e. The predicted molar refractivity (Wildman–Crippen MR) is 211 cm³/mol. The summed E-state index contributed by atoms with van der Waals surface area (Å²) < 4.78 is 35.3. The van der Waals surface area contributed by atoms with Gasteiger partial charge >= 0.3 is 0 Å². The molecule has 0 atom stereocenters. The Morgan fingerprint density at radius 1 is 0.811 bits per heavy atom. The van der Waals surface area contributed by atoms with E-state index in [1.807, 2.05) is 47.6 Å². The Labute approximate surface area is 313 Å². The summed E-state index contributed by atoms with van der Waals surface area (Å²) in [6.07, 6.45) is 0. The van der Waals surface area contributed by atoms with Crippen molar-refractivity contribution in [3.8, 4) is 11.2 Å². The SMILES string of the molecule is Cc1cc(C)c(Nc2cc(C)c(N=Nc3c(C#N)c(C(C)(C)C)nn3-c3nc4ccc(S(=O)(=O)O)cc4s3)c(Nc3c(C)cc(C)cc3C)n2)c(C)c1. The number of azo groups is 1. The Bertz CT molecular complexity index is 2580. The first-order valence-electron chi connectivity index (χ1n) is 16.9. The van der Waals surface area contributed by atoms with Gasteiger partial charge in [-0.25, -0.2) is 9.97 Å². The van der Waals surface area contributed by atoms with Crippen LogP contribution in [0.4, 0.5) is 34.5 Å². The second-order valence-corrected chi connectivity index (χ2v) is 16.9. The van der Waals surface area contributed by atoms with E-state index in [2.05, 4.69) is 73.6 Å². The van der Waals surface area contributed by atoms with Gasteiger partial charge in [-0.1, -0.05) is 67.5 Å². The molecule has 0 saturated heterocycles. The molecule has 53 heavy (non-hydrogen) atoms. The minimum absolute atomic E-state index is 0.160. The van der Waals surface area contributed by atoms with Crippen molar-refractivity contribution in [2.24, 2.45) is 10.2 Å². The van der Waals surface area contributed by atoms with Gasteiger partial charge in [0.05, 0.1) is 20.8 Å². The topological polar surface area (TPSA) is 171 Å². The molecule has 6 rings (SSSR count). The molecular formula is C39H41N9O3S2. The van der Waals surface area contributed by atoms with Crippen LogP contribution in [0.1, 0.15) is 71.0 Å². The van der Waals surface area contributed by atoms with Crippen LogP contribution < -0.4 is 10.6 Å². The Hall–Kier alpha value is -5.49. The number of aromatic nitrogens is 4. The van der Waals surface area contributed by atoms with Gasteiger partial charge in [-0.05, 0) is 101 Å². The van der Waals surface area contributed by atoms with Crippen molar-refractivity contribution in [1.29, 1.82) is 5.26 Å². The Morgan fingerprint density at radius 3 is 1.94 bits per heavy atom. The summed E-state index contributed by atoms with van der Waals surface area (Å²) in [5.41, 5.74) is 10.4. The summed E-state index contributed by atoms with van der Waals surface area (Å²) in [5.74, 6) is 1.25. The zero-order valence-electron chi connectivity index (χ0n) is 31.3. The van der Waals surface area contributed by atoms with Gasteiger partial charge in [-0.3, -0.25) is 4.55 Å². The molecular weight excluding hydrogens is 707 g/mol. The summed E-state index contributed by atoms with van der Waals surface area (Å²) in [5, 5.41) is 32.1. The number of fused-ring (bicyclic) bond motifs is 1. The molecule has 0 radical (unpaired) electrons. The van der Waals surface area contributed by atoms with Crippen LogP contribution in [0, 0.1) is 59.8 Å². The molecule has 3 N–H and O–H groups in total. The van der Waals surface area contributed by atoms with Crippen molar-refractivity contribution in [3.63, 3.8) is 0 Å². The number of hydrogen-bond donors (Lipinski definition) is 3. The number of nitriles is 1. The molecule has 0 aliphatic rings. The van der Waals surface area contributed by atoms with Gasteiger partial charge in [0.1, 0.15) is 23.1 Å². The van der Waals surface area contributed by atoms with E-state index in [9.17, 15) is 18.2 Å². The van der Waals surface area contributed by atoms with Crippen LogP contribution in [-0.2, 0) is 15.5 Å². The van der Waals surface area contributed by atoms with Crippen LogP contribution in [0.3, 0.4) is 0 Å². The highest BCUT2D eigenvalue weighted by Crippen LogP contribution is 2.40. The zero-order valence-corrected chi connectivity index (χ0v) is 33.0. The summed E-state index contributed by atoms with van der Waals surface area (Å²) in [4.78, 5) is 9.46. The Balaban J connectivity index is 1.53. The minimum Gasteiger partial charge on any atom is -0.340 e. The van der Waals surface area contributed by atoms with E-state index in [0.717, 1.165) is 56.1 Å². The van der Waals surface area contributed by atoms with E-state index in [1.54, 1.807) is 0 Å². The molecule has 0 unspecified atom stereocenters. The van der Waals surface area contributed by atoms with Gasteiger partial charge in [0.15, 0.2) is 11.6 Å². The molecule has 0 saturated carbocycles. The number of hydrogen-bond acceptors (Lipinski definition) is 11. The highest BCUT2D eigenvalue weighted by molar-refractivity contribution is 7.85. The van der Waals surface area contributed by atoms with Crippen molar-refractivity contribution < 1.29 is 13.0 Å². The average Bonchev–Trinajstić information content (AvgIpc) is 3.64. The van der Waals surface area contributed by atoms with Crippen LogP contribution in [0.5, 0.6) is 0 Å². The van der Waals surface area contributed by atoms with Gasteiger partial charge in [0, 0.05) is 16.8 Å². The molecule has 3 aromatic heterocycles. The highest BCUT2D eigenvalue weighted by Gasteiger charge is 2.29. The van der Waals surface area contributed by atoms with Gasteiger partial charge in [0.2, 0.25) is 5.13 Å². The number of nitrogens with one attached hydrogen (secondary N) is 2. The number of aryl methyl sites for hydroxylation is 7. The zero-order chi connectivity index (χ0) is 38.6. The van der Waals surface area contributed by atoms with Crippen molar-refractivity contribution in [3.05, 3.63) is 98.7 Å². The molecule has 6 aromatic rings. The second kappa shape index (κ2) is 13.8. The summed E-state index contributed by atoms with van der Waals surface area (Å²) in [6.45, 7) is 20.1. The maximum atomic E-state index is 11.8. The van der Waals surface area contributed by atoms with E-state index in [-0.39, 0.29) is 16.3 Å². The summed E-state index contributed by atoms with van der Waals surface area (Å²) >= 11 is 1.15. The molecule has 0 amide bonds. The lowest BCUT2D eigenvalue weighted by molar-refractivity contribution is 0.483. The van der Waals surface area contributed by atoms with Crippen molar-refractivity contribution in [2.45, 2.75) is 79.5 Å². The fourth-order valence-electron chi connectivity index (χ4n) is 6.45. The first-order chi connectivity index (χ1) is 24.8. The van der Waals surface area contributed by atoms with Crippen molar-refractivity contribution in [2.75, 3.05) is 10.6 Å². The number of rotatable bonds is 8. The van der Waals surface area contributed by atoms with Gasteiger partial charge in [-0.15, -0.1) is 10.2 Å². The number of pyridine rings is 1. The third kappa shape index (κ3) is 7.54. The van der Waals surface area contributed by atoms with E-state index in [1.165, 1.54) is 28.4 Å². The molecule has 3 heterocycles. The molecule has 14 heteroatoms. The van der Waals surface area contributed by atoms with Gasteiger partial charge in [-0.2, -0.15) is 23.5 Å². The van der Waals surface area contributed by atoms with Crippen LogP contribution in [0.15, 0.2) is 63.7 Å². The first kappa shape index (κ1) is 37.3. The quantitative estimate of drug-likeness (QED) is 0.101.